The maximum absolute atomic E-state index is 13.4. The average Bonchev–Trinajstić information content (AvgIpc) is 3.44. The molecule has 0 aromatic heterocycles. The van der Waals surface area contributed by atoms with Crippen molar-refractivity contribution in [2.24, 2.45) is 17.8 Å². The quantitative estimate of drug-likeness (QED) is 0.722. The molecule has 5 aliphatic carbocycles. The minimum Gasteiger partial charge on any atom is -0.293 e. The summed E-state index contributed by atoms with van der Waals surface area (Å²) in [5.74, 6) is 1.08. The number of hydrogen-bond acceptors (Lipinski definition) is 2. The van der Waals surface area contributed by atoms with Gasteiger partial charge >= 0.3 is 0 Å². The summed E-state index contributed by atoms with van der Waals surface area (Å²) >= 11 is 0. The Labute approximate surface area is 144 Å². The van der Waals surface area contributed by atoms with E-state index < -0.39 is 0 Å². The SMILES string of the molecule is O=C1c2cccc3c2C2=C4c5c(cccc5C(=O)C2C2CC32)C=CC14. The number of carbonyl (C=O) groups excluding carboxylic acids is 2. The van der Waals surface area contributed by atoms with Crippen molar-refractivity contribution in [3.63, 3.8) is 0 Å². The van der Waals surface area contributed by atoms with Gasteiger partial charge in [0.1, 0.15) is 0 Å². The molecule has 4 unspecified atom stereocenters. The fourth-order valence-corrected chi connectivity index (χ4v) is 5.85. The number of Topliss-reactive ketones (excluding diaryl/α,β-unsaturated/α-hetero) is 2. The number of carbonyl (C=O) groups is 2. The van der Waals surface area contributed by atoms with Gasteiger partial charge in [-0.1, -0.05) is 48.6 Å². The highest BCUT2D eigenvalue weighted by Gasteiger charge is 2.58. The molecule has 0 amide bonds. The first-order chi connectivity index (χ1) is 12.3. The summed E-state index contributed by atoms with van der Waals surface area (Å²) in [4.78, 5) is 26.7. The van der Waals surface area contributed by atoms with E-state index in [0.717, 1.165) is 39.8 Å². The Bertz CT molecular complexity index is 1130. The smallest absolute Gasteiger partial charge is 0.174 e. The second kappa shape index (κ2) is 3.75. The molecule has 0 radical (unpaired) electrons. The third-order valence-corrected chi connectivity index (χ3v) is 6.88. The van der Waals surface area contributed by atoms with Crippen LogP contribution in [0, 0.1) is 17.8 Å². The zero-order chi connectivity index (χ0) is 16.4. The Hall–Kier alpha value is -2.74. The van der Waals surface area contributed by atoms with Crippen LogP contribution >= 0.6 is 0 Å². The van der Waals surface area contributed by atoms with Crippen LogP contribution in [0.3, 0.4) is 0 Å². The molecule has 5 aliphatic rings. The number of hydrogen-bond donors (Lipinski definition) is 0. The van der Waals surface area contributed by atoms with E-state index in [1.54, 1.807) is 0 Å². The monoisotopic (exact) mass is 322 g/mol. The fraction of sp³-hybridized carbons (Fsp3) is 0.217. The first-order valence-corrected chi connectivity index (χ1v) is 9.03. The summed E-state index contributed by atoms with van der Waals surface area (Å²) in [5, 5.41) is 0. The fourth-order valence-electron chi connectivity index (χ4n) is 5.85. The third-order valence-electron chi connectivity index (χ3n) is 6.88. The lowest BCUT2D eigenvalue weighted by Crippen LogP contribution is -2.36. The van der Waals surface area contributed by atoms with Gasteiger partial charge in [-0.25, -0.2) is 0 Å². The average molecular weight is 322 g/mol. The molecule has 2 heteroatoms. The number of ketones is 2. The van der Waals surface area contributed by atoms with Crippen molar-refractivity contribution in [2.75, 3.05) is 0 Å². The molecular formula is C23H14O2. The molecule has 118 valence electrons. The van der Waals surface area contributed by atoms with Crippen molar-refractivity contribution in [1.82, 2.24) is 0 Å². The molecular weight excluding hydrogens is 308 g/mol. The summed E-state index contributed by atoms with van der Waals surface area (Å²) in [5.41, 5.74) is 8.49. The van der Waals surface area contributed by atoms with Gasteiger partial charge in [0.05, 0.1) is 11.8 Å². The van der Waals surface area contributed by atoms with E-state index >= 15 is 0 Å². The van der Waals surface area contributed by atoms with Crippen LogP contribution in [0.5, 0.6) is 0 Å². The van der Waals surface area contributed by atoms with Crippen LogP contribution in [0.15, 0.2) is 42.5 Å². The van der Waals surface area contributed by atoms with E-state index in [1.807, 2.05) is 36.4 Å². The number of fused-ring (bicyclic) bond motifs is 3. The molecule has 1 saturated carbocycles. The van der Waals surface area contributed by atoms with Crippen LogP contribution in [-0.2, 0) is 0 Å². The molecule has 0 heterocycles. The highest BCUT2D eigenvalue weighted by atomic mass is 16.1. The zero-order valence-corrected chi connectivity index (χ0v) is 13.5. The van der Waals surface area contributed by atoms with Crippen LogP contribution in [0.4, 0.5) is 0 Å². The van der Waals surface area contributed by atoms with Gasteiger partial charge in [0.25, 0.3) is 0 Å². The predicted molar refractivity (Wildman–Crippen MR) is 95.2 cm³/mol. The predicted octanol–water partition coefficient (Wildman–Crippen LogP) is 4.37. The number of rotatable bonds is 0. The third kappa shape index (κ3) is 1.22. The van der Waals surface area contributed by atoms with Crippen molar-refractivity contribution in [3.8, 4) is 0 Å². The second-order valence-electron chi connectivity index (χ2n) is 7.92. The van der Waals surface area contributed by atoms with Crippen molar-refractivity contribution in [2.45, 2.75) is 12.3 Å². The summed E-state index contributed by atoms with van der Waals surface area (Å²) in [6.45, 7) is 0. The Morgan fingerprint density at radius 3 is 2.52 bits per heavy atom. The Morgan fingerprint density at radius 1 is 0.840 bits per heavy atom. The standard InChI is InChI=1S/C23H14O2/c24-22-13-6-2-4-11-15-9-16(15)20-21(18(11)13)19-14(22)8-7-10-3-1-5-12(17(10)19)23(20)25/h1-8,14-16,20H,9H2. The lowest BCUT2D eigenvalue weighted by Gasteiger charge is -2.41. The minimum atomic E-state index is -0.225. The van der Waals surface area contributed by atoms with E-state index in [4.69, 9.17) is 0 Å². The second-order valence-corrected chi connectivity index (χ2v) is 7.92. The molecule has 2 aromatic rings. The molecule has 0 N–H and O–H groups in total. The summed E-state index contributed by atoms with van der Waals surface area (Å²) in [6.07, 6.45) is 5.14. The van der Waals surface area contributed by atoms with Crippen LogP contribution in [-0.4, -0.2) is 11.6 Å². The van der Waals surface area contributed by atoms with Gasteiger partial charge in [-0.15, -0.1) is 0 Å². The van der Waals surface area contributed by atoms with E-state index in [-0.39, 0.29) is 23.4 Å². The van der Waals surface area contributed by atoms with E-state index in [0.29, 0.717) is 11.8 Å². The van der Waals surface area contributed by atoms with Crippen LogP contribution in [0.1, 0.15) is 55.3 Å². The summed E-state index contributed by atoms with van der Waals surface area (Å²) < 4.78 is 0. The topological polar surface area (TPSA) is 34.1 Å². The van der Waals surface area contributed by atoms with Gasteiger partial charge in [0.15, 0.2) is 11.6 Å². The Morgan fingerprint density at radius 2 is 1.64 bits per heavy atom. The Kier molecular flexibility index (Phi) is 1.89. The number of benzene rings is 2. The minimum absolute atomic E-state index is 0.0431. The molecule has 2 nitrogen and oxygen atoms in total. The van der Waals surface area contributed by atoms with E-state index in [9.17, 15) is 9.59 Å². The molecule has 25 heavy (non-hydrogen) atoms. The maximum Gasteiger partial charge on any atom is 0.174 e. The van der Waals surface area contributed by atoms with Crippen molar-refractivity contribution in [1.29, 1.82) is 0 Å². The lowest BCUT2D eigenvalue weighted by molar-refractivity contribution is 0.0921. The first-order valence-electron chi connectivity index (χ1n) is 9.03. The van der Waals surface area contributed by atoms with Gasteiger partial charge in [-0.3, -0.25) is 9.59 Å². The van der Waals surface area contributed by atoms with Gasteiger partial charge in [-0.2, -0.15) is 0 Å². The molecule has 0 bridgehead atoms. The van der Waals surface area contributed by atoms with E-state index in [2.05, 4.69) is 12.1 Å². The van der Waals surface area contributed by atoms with Crippen LogP contribution in [0.25, 0.3) is 17.2 Å². The zero-order valence-electron chi connectivity index (χ0n) is 13.5. The first kappa shape index (κ1) is 12.6. The van der Waals surface area contributed by atoms with Crippen molar-refractivity contribution < 1.29 is 9.59 Å². The van der Waals surface area contributed by atoms with E-state index in [1.165, 1.54) is 11.1 Å². The van der Waals surface area contributed by atoms with Crippen LogP contribution in [0.2, 0.25) is 0 Å². The van der Waals surface area contributed by atoms with Crippen molar-refractivity contribution >= 4 is 28.8 Å². The normalized spacial score (nSPS) is 31.7. The molecule has 7 rings (SSSR count). The van der Waals surface area contributed by atoms with Crippen molar-refractivity contribution in [3.05, 3.63) is 75.9 Å². The highest BCUT2D eigenvalue weighted by molar-refractivity contribution is 6.27. The van der Waals surface area contributed by atoms with Gasteiger partial charge in [0, 0.05) is 11.1 Å². The molecule has 2 aromatic carbocycles. The molecule has 0 spiro atoms. The lowest BCUT2D eigenvalue weighted by atomic mass is 9.60. The molecule has 4 atom stereocenters. The van der Waals surface area contributed by atoms with Crippen LogP contribution < -0.4 is 0 Å². The maximum atomic E-state index is 13.4. The molecule has 0 aliphatic heterocycles. The van der Waals surface area contributed by atoms with Gasteiger partial charge in [-0.05, 0) is 51.7 Å². The molecule has 1 fully saturated rings. The summed E-state index contributed by atoms with van der Waals surface area (Å²) in [7, 11) is 0. The highest BCUT2D eigenvalue weighted by Crippen LogP contribution is 2.66. The summed E-state index contributed by atoms with van der Waals surface area (Å²) in [6, 6.07) is 12.1. The largest absolute Gasteiger partial charge is 0.293 e. The number of allylic oxidation sites excluding steroid dienone is 3. The van der Waals surface area contributed by atoms with Gasteiger partial charge < -0.3 is 0 Å². The Balaban J connectivity index is 1.73. The molecule has 0 saturated heterocycles. The van der Waals surface area contributed by atoms with Gasteiger partial charge in [0.2, 0.25) is 0 Å².